The number of aromatic nitrogens is 1. The van der Waals surface area contributed by atoms with E-state index < -0.39 is 10.0 Å². The van der Waals surface area contributed by atoms with Gasteiger partial charge in [0, 0.05) is 18.8 Å². The maximum Gasteiger partial charge on any atom is 0.246 e. The Labute approximate surface area is 124 Å². The number of nitrogens with zero attached hydrogens (tertiary/aromatic N) is 2. The maximum atomic E-state index is 12.7. The van der Waals surface area contributed by atoms with Crippen LogP contribution in [0.15, 0.2) is 23.2 Å². The summed E-state index contributed by atoms with van der Waals surface area (Å²) in [6, 6.07) is 2.95. The molecular weight excluding hydrogens is 300 g/mol. The summed E-state index contributed by atoms with van der Waals surface area (Å²) in [5.41, 5.74) is 0. The standard InChI is InChI=1S/C13H19ClN2O3S/c14-13-12(7-4-8-15-13)20(18,19)16(9-10-17)11-5-2-1-3-6-11/h4,7-8,11,17H,1-3,5-6,9-10H2. The summed E-state index contributed by atoms with van der Waals surface area (Å²) < 4.78 is 26.8. The van der Waals surface area contributed by atoms with Crippen molar-refractivity contribution in [3.63, 3.8) is 0 Å². The lowest BCUT2D eigenvalue weighted by molar-refractivity contribution is 0.199. The molecule has 1 aliphatic carbocycles. The molecule has 1 heterocycles. The molecule has 1 aromatic rings. The zero-order valence-electron chi connectivity index (χ0n) is 11.2. The van der Waals surface area contributed by atoms with Crippen LogP contribution in [0.4, 0.5) is 0 Å². The molecule has 1 N–H and O–H groups in total. The molecule has 1 fully saturated rings. The number of halogens is 1. The third-order valence-electron chi connectivity index (χ3n) is 3.61. The van der Waals surface area contributed by atoms with Crippen molar-refractivity contribution in [2.45, 2.75) is 43.0 Å². The van der Waals surface area contributed by atoms with Crippen molar-refractivity contribution >= 4 is 21.6 Å². The lowest BCUT2D eigenvalue weighted by Crippen LogP contribution is -2.43. The summed E-state index contributed by atoms with van der Waals surface area (Å²) in [4.78, 5) is 3.84. The van der Waals surface area contributed by atoms with E-state index >= 15 is 0 Å². The Hall–Kier alpha value is -0.690. The Morgan fingerprint density at radius 2 is 2.05 bits per heavy atom. The number of pyridine rings is 1. The molecule has 5 nitrogen and oxygen atoms in total. The van der Waals surface area contributed by atoms with Gasteiger partial charge < -0.3 is 5.11 Å². The number of sulfonamides is 1. The highest BCUT2D eigenvalue weighted by atomic mass is 35.5. The molecule has 20 heavy (non-hydrogen) atoms. The van der Waals surface area contributed by atoms with Gasteiger partial charge >= 0.3 is 0 Å². The fraction of sp³-hybridized carbons (Fsp3) is 0.615. The molecule has 0 saturated heterocycles. The summed E-state index contributed by atoms with van der Waals surface area (Å²) in [6.07, 6.45) is 6.29. The Balaban J connectivity index is 2.34. The van der Waals surface area contributed by atoms with E-state index in [2.05, 4.69) is 4.98 Å². The normalized spacial score (nSPS) is 17.6. The van der Waals surface area contributed by atoms with Gasteiger partial charge in [-0.05, 0) is 25.0 Å². The van der Waals surface area contributed by atoms with Gasteiger partial charge in [-0.25, -0.2) is 13.4 Å². The number of hydrogen-bond donors (Lipinski definition) is 1. The quantitative estimate of drug-likeness (QED) is 0.844. The lowest BCUT2D eigenvalue weighted by Gasteiger charge is -2.33. The van der Waals surface area contributed by atoms with Crippen LogP contribution in [0.2, 0.25) is 5.15 Å². The van der Waals surface area contributed by atoms with E-state index in [0.29, 0.717) is 0 Å². The molecule has 0 unspecified atom stereocenters. The molecule has 112 valence electrons. The monoisotopic (exact) mass is 318 g/mol. The molecule has 0 radical (unpaired) electrons. The highest BCUT2D eigenvalue weighted by molar-refractivity contribution is 7.89. The number of hydrogen-bond acceptors (Lipinski definition) is 4. The van der Waals surface area contributed by atoms with Crippen molar-refractivity contribution in [2.24, 2.45) is 0 Å². The van der Waals surface area contributed by atoms with Crippen LogP contribution in [-0.2, 0) is 10.0 Å². The fourth-order valence-corrected chi connectivity index (χ4v) is 4.76. The minimum Gasteiger partial charge on any atom is -0.395 e. The van der Waals surface area contributed by atoms with Crippen molar-refractivity contribution in [3.05, 3.63) is 23.5 Å². The molecular formula is C13H19ClN2O3S. The van der Waals surface area contributed by atoms with Crippen molar-refractivity contribution in [1.29, 1.82) is 0 Å². The van der Waals surface area contributed by atoms with Gasteiger partial charge in [-0.15, -0.1) is 0 Å². The van der Waals surface area contributed by atoms with Gasteiger partial charge in [0.15, 0.2) is 0 Å². The van der Waals surface area contributed by atoms with Crippen LogP contribution in [0.5, 0.6) is 0 Å². The van der Waals surface area contributed by atoms with Crippen molar-refractivity contribution in [2.75, 3.05) is 13.2 Å². The molecule has 0 atom stereocenters. The van der Waals surface area contributed by atoms with E-state index in [1.54, 1.807) is 6.07 Å². The van der Waals surface area contributed by atoms with Crippen molar-refractivity contribution in [1.82, 2.24) is 9.29 Å². The van der Waals surface area contributed by atoms with E-state index in [4.69, 9.17) is 11.6 Å². The Bertz CT molecular complexity index is 544. The summed E-state index contributed by atoms with van der Waals surface area (Å²) in [7, 11) is -3.71. The second kappa shape index (κ2) is 6.85. The Morgan fingerprint density at radius 1 is 1.35 bits per heavy atom. The molecule has 1 aliphatic rings. The smallest absolute Gasteiger partial charge is 0.246 e. The van der Waals surface area contributed by atoms with Crippen molar-refractivity contribution < 1.29 is 13.5 Å². The van der Waals surface area contributed by atoms with Gasteiger partial charge in [-0.2, -0.15) is 4.31 Å². The van der Waals surface area contributed by atoms with Gasteiger partial charge in [0.1, 0.15) is 10.0 Å². The molecule has 0 aromatic carbocycles. The minimum absolute atomic E-state index is 0.0145. The molecule has 0 aliphatic heterocycles. The molecule has 1 saturated carbocycles. The van der Waals surface area contributed by atoms with E-state index in [-0.39, 0.29) is 29.2 Å². The summed E-state index contributed by atoms with van der Waals surface area (Å²) in [5.74, 6) is 0. The zero-order chi connectivity index (χ0) is 14.6. The Kier molecular flexibility index (Phi) is 5.37. The predicted molar refractivity (Wildman–Crippen MR) is 77.1 cm³/mol. The molecule has 2 rings (SSSR count). The predicted octanol–water partition coefficient (Wildman–Crippen LogP) is 2.05. The lowest BCUT2D eigenvalue weighted by atomic mass is 9.95. The van der Waals surface area contributed by atoms with Crippen LogP contribution in [0, 0.1) is 0 Å². The first-order valence-electron chi connectivity index (χ1n) is 6.80. The zero-order valence-corrected chi connectivity index (χ0v) is 12.8. The largest absolute Gasteiger partial charge is 0.395 e. The van der Waals surface area contributed by atoms with Crippen LogP contribution in [0.1, 0.15) is 32.1 Å². The third kappa shape index (κ3) is 3.31. The fourth-order valence-electron chi connectivity index (χ4n) is 2.66. The topological polar surface area (TPSA) is 70.5 Å². The highest BCUT2D eigenvalue weighted by Crippen LogP contribution is 2.29. The van der Waals surface area contributed by atoms with Crippen LogP contribution >= 0.6 is 11.6 Å². The van der Waals surface area contributed by atoms with Gasteiger partial charge in [0.2, 0.25) is 10.0 Å². The number of aliphatic hydroxyl groups excluding tert-OH is 1. The summed E-state index contributed by atoms with van der Waals surface area (Å²) in [5, 5.41) is 9.17. The van der Waals surface area contributed by atoms with E-state index in [1.165, 1.54) is 16.6 Å². The molecule has 1 aromatic heterocycles. The molecule has 0 spiro atoms. The van der Waals surface area contributed by atoms with E-state index in [0.717, 1.165) is 32.1 Å². The van der Waals surface area contributed by atoms with Gasteiger partial charge in [0.05, 0.1) is 6.61 Å². The molecule has 0 amide bonds. The molecule has 7 heteroatoms. The van der Waals surface area contributed by atoms with E-state index in [9.17, 15) is 13.5 Å². The summed E-state index contributed by atoms with van der Waals surface area (Å²) in [6.45, 7) is -0.105. The summed E-state index contributed by atoms with van der Waals surface area (Å²) >= 11 is 5.91. The van der Waals surface area contributed by atoms with Gasteiger partial charge in [0.25, 0.3) is 0 Å². The first-order valence-corrected chi connectivity index (χ1v) is 8.62. The van der Waals surface area contributed by atoms with Crippen LogP contribution in [0.25, 0.3) is 0 Å². The maximum absolute atomic E-state index is 12.7. The van der Waals surface area contributed by atoms with Gasteiger partial charge in [-0.3, -0.25) is 0 Å². The van der Waals surface area contributed by atoms with Crippen LogP contribution in [0.3, 0.4) is 0 Å². The van der Waals surface area contributed by atoms with Crippen LogP contribution < -0.4 is 0 Å². The number of aliphatic hydroxyl groups is 1. The van der Waals surface area contributed by atoms with Crippen molar-refractivity contribution in [3.8, 4) is 0 Å². The van der Waals surface area contributed by atoms with Crippen LogP contribution in [-0.4, -0.2) is 42.0 Å². The average Bonchev–Trinajstić information content (AvgIpc) is 2.45. The second-order valence-corrected chi connectivity index (χ2v) is 7.14. The first-order chi connectivity index (χ1) is 9.57. The SMILES string of the molecule is O=S(=O)(c1cccnc1Cl)N(CCO)C1CCCCC1. The second-order valence-electron chi connectivity index (χ2n) is 4.92. The Morgan fingerprint density at radius 3 is 2.65 bits per heavy atom. The third-order valence-corrected chi connectivity index (χ3v) is 6.01. The number of rotatable bonds is 5. The minimum atomic E-state index is -3.71. The average molecular weight is 319 g/mol. The first kappa shape index (κ1) is 15.7. The highest BCUT2D eigenvalue weighted by Gasteiger charge is 2.33. The van der Waals surface area contributed by atoms with Gasteiger partial charge in [-0.1, -0.05) is 30.9 Å². The van der Waals surface area contributed by atoms with E-state index in [1.807, 2.05) is 0 Å². The molecule has 0 bridgehead atoms.